The third-order valence-electron chi connectivity index (χ3n) is 6.11. The fourth-order valence-electron chi connectivity index (χ4n) is 4.58. The lowest BCUT2D eigenvalue weighted by Gasteiger charge is -2.16. The summed E-state index contributed by atoms with van der Waals surface area (Å²) in [5.41, 5.74) is 3.58. The maximum Gasteiger partial charge on any atom is 0.212 e. The van der Waals surface area contributed by atoms with Gasteiger partial charge in [-0.3, -0.25) is 9.58 Å². The Hall–Kier alpha value is -2.58. The molecule has 0 aliphatic carbocycles. The van der Waals surface area contributed by atoms with Crippen molar-refractivity contribution in [1.29, 1.82) is 0 Å². The van der Waals surface area contributed by atoms with Gasteiger partial charge >= 0.3 is 0 Å². The van der Waals surface area contributed by atoms with Gasteiger partial charge < -0.3 is 0 Å². The fraction of sp³-hybridized carbons (Fsp3) is 0.364. The number of hydrogen-bond acceptors (Lipinski definition) is 5. The Balaban J connectivity index is 1.43. The zero-order valence-corrected chi connectivity index (χ0v) is 17.7. The van der Waals surface area contributed by atoms with Crippen LogP contribution in [0, 0.1) is 5.95 Å². The number of hydrogen-bond donors (Lipinski definition) is 0. The minimum absolute atomic E-state index is 0.0569. The van der Waals surface area contributed by atoms with Crippen LogP contribution < -0.4 is 0 Å². The number of halogens is 1. The van der Waals surface area contributed by atoms with Gasteiger partial charge in [0.1, 0.15) is 0 Å². The fourth-order valence-corrected chi connectivity index (χ4v) is 6.78. The minimum Gasteiger partial charge on any atom is -0.297 e. The molecule has 3 aromatic rings. The van der Waals surface area contributed by atoms with E-state index in [4.69, 9.17) is 0 Å². The normalized spacial score (nSPS) is 22.4. The number of nitrogens with zero attached hydrogens (tertiary/aromatic N) is 4. The maximum atomic E-state index is 13.2. The van der Waals surface area contributed by atoms with Crippen LogP contribution in [-0.2, 0) is 16.4 Å². The van der Waals surface area contributed by atoms with Crippen molar-refractivity contribution in [1.82, 2.24) is 19.7 Å². The molecule has 0 unspecified atom stereocenters. The van der Waals surface area contributed by atoms with Crippen LogP contribution in [0.4, 0.5) is 4.39 Å². The summed E-state index contributed by atoms with van der Waals surface area (Å²) >= 11 is 0. The lowest BCUT2D eigenvalue weighted by molar-refractivity contribution is 0.325. The van der Waals surface area contributed by atoms with Gasteiger partial charge in [0.05, 0.1) is 16.3 Å². The van der Waals surface area contributed by atoms with Crippen LogP contribution in [-0.4, -0.2) is 46.4 Å². The molecule has 8 heteroatoms. The smallest absolute Gasteiger partial charge is 0.212 e. The zero-order chi connectivity index (χ0) is 21.0. The van der Waals surface area contributed by atoms with Gasteiger partial charge in [0.2, 0.25) is 5.95 Å². The van der Waals surface area contributed by atoms with E-state index in [1.54, 1.807) is 18.2 Å². The van der Waals surface area contributed by atoms with E-state index in [9.17, 15) is 12.8 Å². The van der Waals surface area contributed by atoms with E-state index in [1.807, 2.05) is 23.1 Å². The van der Waals surface area contributed by atoms with Crippen molar-refractivity contribution in [3.05, 3.63) is 66.0 Å². The van der Waals surface area contributed by atoms with Gasteiger partial charge in [-0.1, -0.05) is 6.07 Å². The Labute approximate surface area is 175 Å². The second-order valence-corrected chi connectivity index (χ2v) is 10.6. The molecule has 2 atom stereocenters. The quantitative estimate of drug-likeness (QED) is 0.598. The third kappa shape index (κ3) is 3.15. The van der Waals surface area contributed by atoms with Crippen molar-refractivity contribution in [2.75, 3.05) is 13.1 Å². The lowest BCUT2D eigenvalue weighted by Crippen LogP contribution is -2.25. The number of pyridine rings is 1. The van der Waals surface area contributed by atoms with Gasteiger partial charge in [0, 0.05) is 55.1 Å². The summed E-state index contributed by atoms with van der Waals surface area (Å²) in [6.07, 6.45) is 5.36. The Bertz CT molecular complexity index is 1200. The molecule has 0 bridgehead atoms. The monoisotopic (exact) mass is 426 g/mol. The highest BCUT2D eigenvalue weighted by Crippen LogP contribution is 2.46. The Morgan fingerprint density at radius 1 is 1.13 bits per heavy atom. The molecule has 0 N–H and O–H groups in total. The summed E-state index contributed by atoms with van der Waals surface area (Å²) in [7, 11) is -3.36. The molecule has 1 aromatic carbocycles. The predicted octanol–water partition coefficient (Wildman–Crippen LogP) is 3.42. The van der Waals surface area contributed by atoms with E-state index in [0.717, 1.165) is 22.3 Å². The second-order valence-electron chi connectivity index (χ2n) is 8.43. The van der Waals surface area contributed by atoms with Crippen molar-refractivity contribution >= 4 is 9.84 Å². The van der Waals surface area contributed by atoms with Gasteiger partial charge in [-0.15, -0.1) is 0 Å². The second kappa shape index (κ2) is 6.99. The molecule has 6 nitrogen and oxygen atoms in total. The molecular formula is C22H23FN4O2S. The van der Waals surface area contributed by atoms with Gasteiger partial charge in [-0.2, -0.15) is 9.49 Å². The molecule has 2 aliphatic rings. The maximum absolute atomic E-state index is 13.2. The molecule has 1 fully saturated rings. The summed E-state index contributed by atoms with van der Waals surface area (Å²) in [6, 6.07) is 8.69. The third-order valence-corrected chi connectivity index (χ3v) is 8.37. The first kappa shape index (κ1) is 19.4. The van der Waals surface area contributed by atoms with E-state index < -0.39 is 21.0 Å². The zero-order valence-electron chi connectivity index (χ0n) is 16.9. The van der Waals surface area contributed by atoms with Crippen LogP contribution in [0.1, 0.15) is 36.9 Å². The van der Waals surface area contributed by atoms with Gasteiger partial charge in [0.15, 0.2) is 9.84 Å². The number of likely N-dealkylation sites (tertiary alicyclic amines) is 1. The van der Waals surface area contributed by atoms with Crippen LogP contribution >= 0.6 is 0 Å². The highest BCUT2D eigenvalue weighted by atomic mass is 32.2. The van der Waals surface area contributed by atoms with Crippen LogP contribution in [0.2, 0.25) is 0 Å². The van der Waals surface area contributed by atoms with Crippen molar-refractivity contribution in [2.45, 2.75) is 42.5 Å². The minimum atomic E-state index is -3.36. The molecule has 0 radical (unpaired) electrons. The van der Waals surface area contributed by atoms with Gasteiger partial charge in [-0.05, 0) is 49.2 Å². The number of rotatable bonds is 4. The van der Waals surface area contributed by atoms with Gasteiger partial charge in [0.25, 0.3) is 0 Å². The van der Waals surface area contributed by atoms with Crippen LogP contribution in [0.25, 0.3) is 11.1 Å². The molecule has 1 saturated heterocycles. The number of benzene rings is 1. The predicted molar refractivity (Wildman–Crippen MR) is 111 cm³/mol. The van der Waals surface area contributed by atoms with E-state index >= 15 is 0 Å². The first-order chi connectivity index (χ1) is 14.3. The van der Waals surface area contributed by atoms with Gasteiger partial charge in [-0.25, -0.2) is 13.4 Å². The topological polar surface area (TPSA) is 68.1 Å². The largest absolute Gasteiger partial charge is 0.297 e. The summed E-state index contributed by atoms with van der Waals surface area (Å²) < 4.78 is 41.4. The summed E-state index contributed by atoms with van der Waals surface area (Å²) in [4.78, 5) is 6.35. The summed E-state index contributed by atoms with van der Waals surface area (Å²) in [5, 5.41) is 3.96. The Morgan fingerprint density at radius 2 is 1.93 bits per heavy atom. The standard InChI is InChI=1S/C22H23FN4O2S/c1-14(2)27-11-15(8-25-27)10-26-12-19-18-7-16(17-4-6-22(23)24-9-17)3-5-20(18)30(28,29)21(19)13-26/h3-9,11,14,19,21H,10,12-13H2,1-2H3/t19-,21-/m1/s1. The first-order valence-corrected chi connectivity index (χ1v) is 11.6. The molecule has 0 amide bonds. The molecule has 0 spiro atoms. The number of fused-ring (bicyclic) bond motifs is 3. The average molecular weight is 427 g/mol. The molecule has 30 heavy (non-hydrogen) atoms. The van der Waals surface area contributed by atoms with Crippen molar-refractivity contribution < 1.29 is 12.8 Å². The summed E-state index contributed by atoms with van der Waals surface area (Å²) in [5.74, 6) is -0.590. The highest BCUT2D eigenvalue weighted by molar-refractivity contribution is 7.92. The molecule has 156 valence electrons. The van der Waals surface area contributed by atoms with Crippen molar-refractivity contribution in [2.24, 2.45) is 0 Å². The Morgan fingerprint density at radius 3 is 2.63 bits per heavy atom. The highest BCUT2D eigenvalue weighted by Gasteiger charge is 2.50. The first-order valence-electron chi connectivity index (χ1n) is 10.1. The van der Waals surface area contributed by atoms with E-state index in [-0.39, 0.29) is 5.92 Å². The molecule has 2 aliphatic heterocycles. The molecule has 4 heterocycles. The van der Waals surface area contributed by atoms with Crippen LogP contribution in [0.3, 0.4) is 0 Å². The van der Waals surface area contributed by atoms with E-state index in [1.165, 1.54) is 12.3 Å². The molecular weight excluding hydrogens is 403 g/mol. The average Bonchev–Trinajstić information content (AvgIpc) is 3.40. The van der Waals surface area contributed by atoms with Crippen molar-refractivity contribution in [3.8, 4) is 11.1 Å². The Kier molecular flexibility index (Phi) is 4.52. The van der Waals surface area contributed by atoms with Crippen molar-refractivity contribution in [3.63, 3.8) is 0 Å². The molecule has 5 rings (SSSR count). The molecule has 2 aromatic heterocycles. The number of sulfone groups is 1. The van der Waals surface area contributed by atoms with E-state index in [2.05, 4.69) is 28.8 Å². The summed E-state index contributed by atoms with van der Waals surface area (Å²) in [6.45, 7) is 6.05. The van der Waals surface area contributed by atoms with Crippen LogP contribution in [0.15, 0.2) is 53.8 Å². The molecule has 0 saturated carbocycles. The van der Waals surface area contributed by atoms with Crippen LogP contribution in [0.5, 0.6) is 0 Å². The SMILES string of the molecule is CC(C)n1cc(CN2C[C@@H]3c4cc(-c5ccc(F)nc5)ccc4S(=O)(=O)[C@@H]3C2)cn1. The van der Waals surface area contributed by atoms with E-state index in [0.29, 0.717) is 30.6 Å². The number of aromatic nitrogens is 3. The lowest BCUT2D eigenvalue weighted by atomic mass is 9.95.